The number of rotatable bonds is 2. The molecule has 2 aliphatic heterocycles. The Hall–Kier alpha value is -0.341. The van der Waals surface area contributed by atoms with Gasteiger partial charge in [0.05, 0.1) is 0 Å². The molecule has 96 valence electrons. The topological polar surface area (TPSA) is 76.7 Å². The summed E-state index contributed by atoms with van der Waals surface area (Å²) in [4.78, 5) is 23.4. The Kier molecular flexibility index (Phi) is 3.39. The van der Waals surface area contributed by atoms with E-state index < -0.39 is 19.8 Å². The van der Waals surface area contributed by atoms with E-state index in [2.05, 4.69) is 7.08 Å². The van der Waals surface area contributed by atoms with Crippen LogP contribution in [-0.2, 0) is 15.7 Å². The van der Waals surface area contributed by atoms with E-state index in [1.807, 2.05) is 27.7 Å². The van der Waals surface area contributed by atoms with Gasteiger partial charge in [0.25, 0.3) is 0 Å². The molecular weight excluding hydrogens is 331 g/mol. The van der Waals surface area contributed by atoms with Crippen LogP contribution in [-0.4, -0.2) is 43.8 Å². The van der Waals surface area contributed by atoms with Crippen molar-refractivity contribution in [1.82, 2.24) is 7.08 Å². The quantitative estimate of drug-likeness (QED) is 0.671. The molecule has 2 rings (SSSR count). The Morgan fingerprint density at radius 2 is 1.29 bits per heavy atom. The van der Waals surface area contributed by atoms with Gasteiger partial charge in [-0.3, -0.25) is 0 Å². The molecule has 2 heterocycles. The summed E-state index contributed by atoms with van der Waals surface area (Å²) in [5, 5.41) is 0. The molecule has 0 saturated carbocycles. The molecule has 0 radical (unpaired) electrons. The minimum atomic E-state index is -3.86. The van der Waals surface area contributed by atoms with Crippen LogP contribution in [0.1, 0.15) is 27.7 Å². The first kappa shape index (κ1) is 13.1. The SMILES string of the molecule is CC(C)[C@@H]1[NH][Sn]2([NH][C@H](C(C)C)C(=O)[O]2)[O]C1=O. The van der Waals surface area contributed by atoms with E-state index in [1.165, 1.54) is 0 Å². The molecule has 2 aliphatic rings. The zero-order chi connectivity index (χ0) is 12.8. The number of hydrogen-bond acceptors (Lipinski definition) is 6. The second kappa shape index (κ2) is 4.40. The second-order valence-corrected chi connectivity index (χ2v) is 11.5. The molecule has 2 saturated heterocycles. The molecular formula is C10H18N2O4Sn. The van der Waals surface area contributed by atoms with Crippen LogP contribution in [0.3, 0.4) is 0 Å². The predicted octanol–water partition coefficient (Wildman–Crippen LogP) is -0.236. The van der Waals surface area contributed by atoms with Gasteiger partial charge in [0.2, 0.25) is 0 Å². The van der Waals surface area contributed by atoms with E-state index in [-0.39, 0.29) is 35.9 Å². The summed E-state index contributed by atoms with van der Waals surface area (Å²) in [6.07, 6.45) is 0. The van der Waals surface area contributed by atoms with E-state index in [9.17, 15) is 9.59 Å². The number of carbonyl (C=O) groups excluding carboxylic acids is 2. The van der Waals surface area contributed by atoms with E-state index in [0.29, 0.717) is 0 Å². The van der Waals surface area contributed by atoms with Gasteiger partial charge >= 0.3 is 106 Å². The van der Waals surface area contributed by atoms with E-state index in [4.69, 9.17) is 6.15 Å². The zero-order valence-corrected chi connectivity index (χ0v) is 13.3. The van der Waals surface area contributed by atoms with Gasteiger partial charge < -0.3 is 0 Å². The Balaban J connectivity index is 2.14. The van der Waals surface area contributed by atoms with E-state index in [0.717, 1.165) is 0 Å². The van der Waals surface area contributed by atoms with Crippen LogP contribution < -0.4 is 7.08 Å². The summed E-state index contributed by atoms with van der Waals surface area (Å²) in [5.74, 6) is -0.365. The second-order valence-electron chi connectivity index (χ2n) is 5.19. The number of carbonyl (C=O) groups is 2. The van der Waals surface area contributed by atoms with Crippen molar-refractivity contribution in [3.63, 3.8) is 0 Å². The predicted molar refractivity (Wildman–Crippen MR) is 61.5 cm³/mol. The Labute approximate surface area is 106 Å². The third kappa shape index (κ3) is 2.30. The van der Waals surface area contributed by atoms with Crippen molar-refractivity contribution in [3.8, 4) is 0 Å². The molecule has 0 amide bonds. The summed E-state index contributed by atoms with van der Waals surface area (Å²) in [7, 11) is 0. The monoisotopic (exact) mass is 350 g/mol. The third-order valence-electron chi connectivity index (χ3n) is 3.02. The van der Waals surface area contributed by atoms with Crippen LogP contribution in [0.15, 0.2) is 0 Å². The molecule has 1 spiro atoms. The Bertz CT molecular complexity index is 324. The standard InChI is InChI=1S/2C5H10NO2.Sn/c2*1-3(2)4(6)5(7)8;/h2*3-4,6H,1-2H3,(H,7,8);/q2*-1;+4/p-2/t2*4-;/m10./s1. The third-order valence-corrected chi connectivity index (χ3v) is 9.75. The fourth-order valence-electron chi connectivity index (χ4n) is 2.00. The molecule has 2 N–H and O–H groups in total. The van der Waals surface area contributed by atoms with Crippen molar-refractivity contribution in [1.29, 1.82) is 0 Å². The summed E-state index contributed by atoms with van der Waals surface area (Å²) in [5.41, 5.74) is 0. The van der Waals surface area contributed by atoms with Crippen LogP contribution in [0, 0.1) is 11.8 Å². The van der Waals surface area contributed by atoms with Gasteiger partial charge in [0.15, 0.2) is 0 Å². The van der Waals surface area contributed by atoms with Gasteiger partial charge in [0.1, 0.15) is 0 Å². The van der Waals surface area contributed by atoms with Crippen molar-refractivity contribution in [2.75, 3.05) is 0 Å². The first-order valence-electron chi connectivity index (χ1n) is 5.86. The molecule has 3 atom stereocenters. The molecule has 0 aromatic carbocycles. The maximum absolute atomic E-state index is 11.7. The van der Waals surface area contributed by atoms with Crippen LogP contribution in [0.5, 0.6) is 0 Å². The Morgan fingerprint density at radius 1 is 0.941 bits per heavy atom. The average molecular weight is 349 g/mol. The van der Waals surface area contributed by atoms with Crippen LogP contribution in [0.2, 0.25) is 0 Å². The normalized spacial score (nSPS) is 37.1. The molecule has 0 aliphatic carbocycles. The summed E-state index contributed by atoms with van der Waals surface area (Å²) < 4.78 is 16.9. The fraction of sp³-hybridized carbons (Fsp3) is 0.800. The molecule has 1 unspecified atom stereocenters. The zero-order valence-electron chi connectivity index (χ0n) is 10.4. The summed E-state index contributed by atoms with van der Waals surface area (Å²) in [6.45, 7) is 7.72. The van der Waals surface area contributed by atoms with Crippen molar-refractivity contribution in [3.05, 3.63) is 0 Å². The summed E-state index contributed by atoms with van der Waals surface area (Å²) >= 11 is -3.86. The molecule has 7 heteroatoms. The van der Waals surface area contributed by atoms with Crippen molar-refractivity contribution < 1.29 is 15.7 Å². The average Bonchev–Trinajstić information content (AvgIpc) is 2.68. The number of hydrogen-bond donors (Lipinski definition) is 2. The van der Waals surface area contributed by atoms with Gasteiger partial charge in [-0.2, -0.15) is 0 Å². The van der Waals surface area contributed by atoms with E-state index in [1.54, 1.807) is 0 Å². The molecule has 2 fully saturated rings. The van der Waals surface area contributed by atoms with Crippen molar-refractivity contribution in [2.45, 2.75) is 39.8 Å². The van der Waals surface area contributed by atoms with E-state index >= 15 is 0 Å². The van der Waals surface area contributed by atoms with Gasteiger partial charge in [-0.05, 0) is 0 Å². The fourth-order valence-corrected chi connectivity index (χ4v) is 10.3. The van der Waals surface area contributed by atoms with Gasteiger partial charge in [-0.1, -0.05) is 0 Å². The Morgan fingerprint density at radius 3 is 1.53 bits per heavy atom. The molecule has 17 heavy (non-hydrogen) atoms. The molecule has 0 aromatic rings. The molecule has 0 bridgehead atoms. The first-order chi connectivity index (χ1) is 7.84. The van der Waals surface area contributed by atoms with Crippen molar-refractivity contribution in [2.24, 2.45) is 11.8 Å². The van der Waals surface area contributed by atoms with Crippen LogP contribution >= 0.6 is 0 Å². The summed E-state index contributed by atoms with van der Waals surface area (Å²) in [6, 6.07) is -0.728. The van der Waals surface area contributed by atoms with Crippen molar-refractivity contribution >= 4 is 31.7 Å². The van der Waals surface area contributed by atoms with Crippen LogP contribution in [0.25, 0.3) is 0 Å². The molecule has 6 nitrogen and oxygen atoms in total. The van der Waals surface area contributed by atoms with Gasteiger partial charge in [0, 0.05) is 0 Å². The first-order valence-corrected chi connectivity index (χ1v) is 11.0. The van der Waals surface area contributed by atoms with Gasteiger partial charge in [-0.25, -0.2) is 0 Å². The van der Waals surface area contributed by atoms with Crippen LogP contribution in [0.4, 0.5) is 0 Å². The number of nitrogens with one attached hydrogen (secondary N) is 2. The minimum absolute atomic E-state index is 0.122. The molecule has 0 aromatic heterocycles. The maximum atomic E-state index is 11.7. The van der Waals surface area contributed by atoms with Gasteiger partial charge in [-0.15, -0.1) is 0 Å².